The van der Waals surface area contributed by atoms with Crippen LogP contribution in [-0.4, -0.2) is 0 Å². The number of hydrogen-bond acceptors (Lipinski definition) is 8. The van der Waals surface area contributed by atoms with Gasteiger partial charge >= 0.3 is 0 Å². The number of para-hydroxylation sites is 8. The van der Waals surface area contributed by atoms with Crippen LogP contribution < -0.4 is 19.6 Å². The Bertz CT molecular complexity index is 4440. The second-order valence-corrected chi connectivity index (χ2v) is 28.0. The summed E-state index contributed by atoms with van der Waals surface area (Å²) < 4.78 is 0. The van der Waals surface area contributed by atoms with Crippen molar-refractivity contribution in [2.75, 3.05) is 19.6 Å². The third-order valence-corrected chi connectivity index (χ3v) is 22.0. The Labute approximate surface area is 589 Å². The minimum absolute atomic E-state index is 1.10. The second-order valence-electron chi connectivity index (χ2n) is 23.6. The highest BCUT2D eigenvalue weighted by Gasteiger charge is 2.25. The molecular formula is C90H64N4S4. The molecule has 12 aromatic carbocycles. The van der Waals surface area contributed by atoms with Gasteiger partial charge in [0.15, 0.2) is 0 Å². The van der Waals surface area contributed by atoms with Crippen molar-refractivity contribution in [2.45, 2.75) is 0 Å². The largest absolute Gasteiger partial charge is 0.311 e. The van der Waals surface area contributed by atoms with Gasteiger partial charge < -0.3 is 19.6 Å². The number of thiophene rings is 4. The maximum atomic E-state index is 2.36. The Balaban J connectivity index is 0.831. The van der Waals surface area contributed by atoms with E-state index in [0.29, 0.717) is 0 Å². The van der Waals surface area contributed by atoms with Gasteiger partial charge in [0.2, 0.25) is 0 Å². The molecule has 0 aliphatic heterocycles. The molecule has 468 valence electrons. The van der Waals surface area contributed by atoms with Crippen LogP contribution in [0.4, 0.5) is 68.2 Å². The molecule has 0 saturated carbocycles. The lowest BCUT2D eigenvalue weighted by molar-refractivity contribution is 1.28. The lowest BCUT2D eigenvalue weighted by atomic mass is 10.0. The van der Waals surface area contributed by atoms with Crippen LogP contribution in [0.1, 0.15) is 19.5 Å². The van der Waals surface area contributed by atoms with E-state index in [-0.39, 0.29) is 0 Å². The van der Waals surface area contributed by atoms with Crippen molar-refractivity contribution < 1.29 is 0 Å². The zero-order valence-electron chi connectivity index (χ0n) is 53.4. The molecule has 8 heteroatoms. The van der Waals surface area contributed by atoms with Crippen LogP contribution in [0, 0.1) is 0 Å². The van der Waals surface area contributed by atoms with E-state index in [4.69, 9.17) is 0 Å². The number of benzene rings is 12. The maximum Gasteiger partial charge on any atom is 0.0462 e. The van der Waals surface area contributed by atoms with Crippen LogP contribution in [-0.2, 0) is 0 Å². The molecule has 0 amide bonds. The molecule has 16 aromatic rings. The normalized spacial score (nSPS) is 11.1. The molecule has 98 heavy (non-hydrogen) atoms. The SMILES string of the molecule is c1ccc(N(c2ccccc2)c2ccc(-c3ccc(C(=C(c4ccc(-c5ccc(N(c6ccccc6)c6ccccc6)cc5)s4)c4ccc(-c5ccc(N(c6ccccc6)c6ccccc6)cc5)s4)c4ccc(-c5ccc(N(c6ccccc6)c6ccccc6)cc5)s4)s3)cc2)cc1. The lowest BCUT2D eigenvalue weighted by Crippen LogP contribution is -2.09. The third-order valence-electron chi connectivity index (χ3n) is 17.4. The topological polar surface area (TPSA) is 13.0 Å². The molecule has 4 aromatic heterocycles. The summed E-state index contributed by atoms with van der Waals surface area (Å²) in [6.45, 7) is 0. The van der Waals surface area contributed by atoms with Gasteiger partial charge in [-0.3, -0.25) is 0 Å². The van der Waals surface area contributed by atoms with E-state index < -0.39 is 0 Å². The third kappa shape index (κ3) is 13.0. The summed E-state index contributed by atoms with van der Waals surface area (Å²) in [6.07, 6.45) is 0. The molecule has 0 spiro atoms. The summed E-state index contributed by atoms with van der Waals surface area (Å²) in [5, 5.41) is 0. The summed E-state index contributed by atoms with van der Waals surface area (Å²) in [5.74, 6) is 0. The zero-order valence-corrected chi connectivity index (χ0v) is 56.6. The first kappa shape index (κ1) is 61.3. The standard InChI is InChI=1S/C90H64N4S4/c1-9-25-69(26-10-1)91(70-27-11-2-12-28-70)77-49-41-65(42-50-77)81-57-61-85(95-81)89(86-62-58-82(96-86)66-43-51-78(52-44-66)92(71-29-13-3-14-30-71)72-31-15-4-16-32-72)90(87-63-59-83(97-87)67-45-53-79(54-46-67)93(73-33-17-5-18-34-73)74-35-19-6-20-36-74)88-64-60-84(98-88)68-47-55-80(56-48-68)94(75-37-21-7-22-38-75)76-39-23-8-24-40-76/h1-64H. The van der Waals surface area contributed by atoms with Crippen LogP contribution in [0.2, 0.25) is 0 Å². The molecule has 0 bridgehead atoms. The Kier molecular flexibility index (Phi) is 17.7. The highest BCUT2D eigenvalue weighted by molar-refractivity contribution is 7.21. The summed E-state index contributed by atoms with van der Waals surface area (Å²) in [7, 11) is 0. The van der Waals surface area contributed by atoms with Crippen molar-refractivity contribution in [3.05, 3.63) is 408 Å². The van der Waals surface area contributed by atoms with Gasteiger partial charge in [-0.2, -0.15) is 0 Å². The molecule has 0 aliphatic carbocycles. The number of nitrogens with zero attached hydrogens (tertiary/aromatic N) is 4. The van der Waals surface area contributed by atoms with Gasteiger partial charge in [0.1, 0.15) is 0 Å². The van der Waals surface area contributed by atoms with E-state index in [9.17, 15) is 0 Å². The van der Waals surface area contributed by atoms with Crippen molar-refractivity contribution in [3.63, 3.8) is 0 Å². The van der Waals surface area contributed by atoms with Crippen LogP contribution in [0.3, 0.4) is 0 Å². The minimum atomic E-state index is 1.10. The Morgan fingerprint density at radius 2 is 0.286 bits per heavy atom. The van der Waals surface area contributed by atoms with Crippen molar-refractivity contribution in [2.24, 2.45) is 0 Å². The van der Waals surface area contributed by atoms with E-state index in [0.717, 1.165) is 68.2 Å². The molecule has 0 aliphatic rings. The summed E-state index contributed by atoms with van der Waals surface area (Å²) in [5.41, 5.74) is 20.3. The van der Waals surface area contributed by atoms with Crippen molar-refractivity contribution in [1.29, 1.82) is 0 Å². The van der Waals surface area contributed by atoms with Gasteiger partial charge in [-0.05, 0) is 216 Å². The second kappa shape index (κ2) is 28.4. The number of rotatable bonds is 20. The molecule has 0 N–H and O–H groups in total. The highest BCUT2D eigenvalue weighted by Crippen LogP contribution is 2.51. The quantitative estimate of drug-likeness (QED) is 0.0754. The number of anilines is 12. The molecule has 0 saturated heterocycles. The van der Waals surface area contributed by atoms with Crippen molar-refractivity contribution >= 4 is 125 Å². The van der Waals surface area contributed by atoms with Gasteiger partial charge in [-0.15, -0.1) is 45.3 Å². The molecule has 16 rings (SSSR count). The lowest BCUT2D eigenvalue weighted by Gasteiger charge is -2.25. The maximum absolute atomic E-state index is 2.36. The summed E-state index contributed by atoms with van der Waals surface area (Å²) >= 11 is 7.43. The average Bonchev–Trinajstić information content (AvgIpc) is 1.61. The smallest absolute Gasteiger partial charge is 0.0462 e. The van der Waals surface area contributed by atoms with Gasteiger partial charge in [0.25, 0.3) is 0 Å². The predicted octanol–water partition coefficient (Wildman–Crippen LogP) is 27.5. The Hall–Kier alpha value is -11.6. The van der Waals surface area contributed by atoms with E-state index in [1.807, 2.05) is 45.3 Å². The fourth-order valence-electron chi connectivity index (χ4n) is 12.7. The van der Waals surface area contributed by atoms with Crippen LogP contribution in [0.5, 0.6) is 0 Å². The van der Waals surface area contributed by atoms with E-state index >= 15 is 0 Å². The van der Waals surface area contributed by atoms with Gasteiger partial charge in [-0.25, -0.2) is 0 Å². The summed E-state index contributed by atoms with van der Waals surface area (Å²) in [6, 6.07) is 140. The first-order chi connectivity index (χ1) is 48.6. The fourth-order valence-corrected chi connectivity index (χ4v) is 17.2. The molecule has 0 unspecified atom stereocenters. The predicted molar refractivity (Wildman–Crippen MR) is 423 cm³/mol. The molecule has 0 atom stereocenters. The van der Waals surface area contributed by atoms with Gasteiger partial charge in [0, 0.05) is 118 Å². The average molecular weight is 1330 g/mol. The number of hydrogen-bond donors (Lipinski definition) is 0. The summed E-state index contributed by atoms with van der Waals surface area (Å²) in [4.78, 5) is 18.9. The molecule has 0 fully saturated rings. The minimum Gasteiger partial charge on any atom is -0.311 e. The Morgan fingerprint density at radius 1 is 0.143 bits per heavy atom. The molecule has 0 radical (unpaired) electrons. The van der Waals surface area contributed by atoms with Crippen LogP contribution >= 0.6 is 45.3 Å². The fraction of sp³-hybridized carbons (Fsp3) is 0. The zero-order chi connectivity index (χ0) is 65.4. The van der Waals surface area contributed by atoms with E-state index in [1.165, 1.54) is 72.4 Å². The molecule has 4 nitrogen and oxygen atoms in total. The molecular weight excluding hydrogens is 1270 g/mol. The van der Waals surface area contributed by atoms with Crippen LogP contribution in [0.25, 0.3) is 52.9 Å². The Morgan fingerprint density at radius 3 is 0.439 bits per heavy atom. The first-order valence-corrected chi connectivity index (χ1v) is 36.0. The van der Waals surface area contributed by atoms with Crippen molar-refractivity contribution in [3.8, 4) is 41.8 Å². The van der Waals surface area contributed by atoms with E-state index in [1.54, 1.807) is 0 Å². The monoisotopic (exact) mass is 1330 g/mol. The van der Waals surface area contributed by atoms with Crippen molar-refractivity contribution in [1.82, 2.24) is 0 Å². The van der Waals surface area contributed by atoms with E-state index in [2.05, 4.69) is 408 Å². The van der Waals surface area contributed by atoms with Crippen LogP contribution in [0.15, 0.2) is 388 Å². The van der Waals surface area contributed by atoms with Gasteiger partial charge in [-0.1, -0.05) is 194 Å². The highest BCUT2D eigenvalue weighted by atomic mass is 32.1. The first-order valence-electron chi connectivity index (χ1n) is 32.8. The van der Waals surface area contributed by atoms with Gasteiger partial charge in [0.05, 0.1) is 0 Å². The molecule has 4 heterocycles.